The van der Waals surface area contributed by atoms with Gasteiger partial charge in [-0.3, -0.25) is 4.79 Å². The van der Waals surface area contributed by atoms with Crippen LogP contribution in [0.15, 0.2) is 35.4 Å². The number of carbonyl (C=O) groups excluding carboxylic acids is 1. The Morgan fingerprint density at radius 2 is 2.05 bits per heavy atom. The van der Waals surface area contributed by atoms with Crippen LogP contribution in [0.5, 0.6) is 0 Å². The summed E-state index contributed by atoms with van der Waals surface area (Å²) in [5.74, 6) is -0.378. The maximum atomic E-state index is 11.6. The van der Waals surface area contributed by atoms with Gasteiger partial charge >= 0.3 is 0 Å². The SMILES string of the molecule is CNC(=O)c1ccn(-c2ccc(N)cc2S(N)(=O)=O)n1. The summed E-state index contributed by atoms with van der Waals surface area (Å²) in [6, 6.07) is 5.69. The van der Waals surface area contributed by atoms with Gasteiger partial charge in [0, 0.05) is 18.9 Å². The van der Waals surface area contributed by atoms with Crippen LogP contribution in [0.2, 0.25) is 0 Å². The molecule has 5 N–H and O–H groups in total. The van der Waals surface area contributed by atoms with Crippen molar-refractivity contribution in [1.82, 2.24) is 15.1 Å². The lowest BCUT2D eigenvalue weighted by molar-refractivity contribution is 0.0957. The summed E-state index contributed by atoms with van der Waals surface area (Å²) < 4.78 is 24.4. The van der Waals surface area contributed by atoms with Crippen molar-refractivity contribution >= 4 is 21.6 Å². The monoisotopic (exact) mass is 295 g/mol. The molecular formula is C11H13N5O3S. The van der Waals surface area contributed by atoms with E-state index in [4.69, 9.17) is 10.9 Å². The Kier molecular flexibility index (Phi) is 3.47. The number of hydrogen-bond donors (Lipinski definition) is 3. The quantitative estimate of drug-likeness (QED) is 0.654. The molecule has 0 bridgehead atoms. The molecule has 0 radical (unpaired) electrons. The normalized spacial score (nSPS) is 11.3. The molecule has 0 unspecified atom stereocenters. The largest absolute Gasteiger partial charge is 0.399 e. The van der Waals surface area contributed by atoms with Gasteiger partial charge in [-0.1, -0.05) is 0 Å². The number of sulfonamides is 1. The van der Waals surface area contributed by atoms with E-state index < -0.39 is 10.0 Å². The van der Waals surface area contributed by atoms with Crippen molar-refractivity contribution in [3.63, 3.8) is 0 Å². The lowest BCUT2D eigenvalue weighted by atomic mass is 10.3. The van der Waals surface area contributed by atoms with Crippen LogP contribution >= 0.6 is 0 Å². The minimum absolute atomic E-state index is 0.157. The molecule has 1 aromatic carbocycles. The van der Waals surface area contributed by atoms with Crippen LogP contribution < -0.4 is 16.2 Å². The maximum Gasteiger partial charge on any atom is 0.271 e. The number of rotatable bonds is 3. The number of carbonyl (C=O) groups is 1. The number of nitrogen functional groups attached to an aromatic ring is 1. The molecule has 0 aliphatic rings. The van der Waals surface area contributed by atoms with Gasteiger partial charge in [-0.15, -0.1) is 0 Å². The van der Waals surface area contributed by atoms with Crippen LogP contribution in [-0.4, -0.2) is 31.2 Å². The molecule has 1 aromatic heterocycles. The standard InChI is InChI=1S/C11H13N5O3S/c1-14-11(17)8-4-5-16(15-8)9-3-2-7(12)6-10(9)20(13,18)19/h2-6H,12H2,1H3,(H,14,17)(H2,13,18,19). The van der Waals surface area contributed by atoms with Crippen molar-refractivity contribution in [2.75, 3.05) is 12.8 Å². The predicted octanol–water partition coefficient (Wildman–Crippen LogP) is -0.538. The molecule has 1 amide bonds. The lowest BCUT2D eigenvalue weighted by Crippen LogP contribution is -2.19. The third-order valence-corrected chi connectivity index (χ3v) is 3.53. The summed E-state index contributed by atoms with van der Waals surface area (Å²) in [4.78, 5) is 11.3. The Morgan fingerprint density at radius 1 is 1.35 bits per heavy atom. The smallest absolute Gasteiger partial charge is 0.271 e. The summed E-state index contributed by atoms with van der Waals surface area (Å²) in [7, 11) is -2.49. The second-order valence-corrected chi connectivity index (χ2v) is 5.53. The molecular weight excluding hydrogens is 282 g/mol. The van der Waals surface area contributed by atoms with E-state index in [1.165, 1.54) is 42.2 Å². The summed E-state index contributed by atoms with van der Waals surface area (Å²) >= 11 is 0. The van der Waals surface area contributed by atoms with E-state index in [-0.39, 0.29) is 27.9 Å². The Hall–Kier alpha value is -2.39. The zero-order chi connectivity index (χ0) is 14.9. The molecule has 0 atom stereocenters. The van der Waals surface area contributed by atoms with Crippen LogP contribution in [0.1, 0.15) is 10.5 Å². The number of anilines is 1. The zero-order valence-corrected chi connectivity index (χ0v) is 11.4. The minimum Gasteiger partial charge on any atom is -0.399 e. The molecule has 1 heterocycles. The van der Waals surface area contributed by atoms with E-state index in [1.807, 2.05) is 0 Å². The van der Waals surface area contributed by atoms with Crippen LogP contribution in [-0.2, 0) is 10.0 Å². The average molecular weight is 295 g/mol. The first-order chi connectivity index (χ1) is 9.32. The number of nitrogens with two attached hydrogens (primary N) is 2. The number of hydrogen-bond acceptors (Lipinski definition) is 5. The highest BCUT2D eigenvalue weighted by Gasteiger charge is 2.17. The highest BCUT2D eigenvalue weighted by molar-refractivity contribution is 7.89. The van der Waals surface area contributed by atoms with Crippen molar-refractivity contribution in [3.8, 4) is 5.69 Å². The minimum atomic E-state index is -3.96. The van der Waals surface area contributed by atoms with Crippen molar-refractivity contribution < 1.29 is 13.2 Å². The van der Waals surface area contributed by atoms with Gasteiger partial charge in [0.2, 0.25) is 10.0 Å². The average Bonchev–Trinajstić information content (AvgIpc) is 2.86. The van der Waals surface area contributed by atoms with Gasteiger partial charge in [0.05, 0.1) is 5.69 Å². The molecule has 0 saturated carbocycles. The molecule has 0 fully saturated rings. The molecule has 2 aromatic rings. The fourth-order valence-corrected chi connectivity index (χ4v) is 2.41. The van der Waals surface area contributed by atoms with Crippen LogP contribution in [0, 0.1) is 0 Å². The molecule has 0 aliphatic carbocycles. The highest BCUT2D eigenvalue weighted by atomic mass is 32.2. The maximum absolute atomic E-state index is 11.6. The van der Waals surface area contributed by atoms with Gasteiger partial charge in [0.1, 0.15) is 4.90 Å². The molecule has 20 heavy (non-hydrogen) atoms. The van der Waals surface area contributed by atoms with E-state index in [1.54, 1.807) is 0 Å². The van der Waals surface area contributed by atoms with Crippen molar-refractivity contribution in [2.45, 2.75) is 4.90 Å². The third kappa shape index (κ3) is 2.63. The van der Waals surface area contributed by atoms with Gasteiger partial charge in [-0.2, -0.15) is 5.10 Å². The fraction of sp³-hybridized carbons (Fsp3) is 0.0909. The lowest BCUT2D eigenvalue weighted by Gasteiger charge is -2.08. The number of primary sulfonamides is 1. The first kappa shape index (κ1) is 14.0. The summed E-state index contributed by atoms with van der Waals surface area (Å²) in [5, 5.41) is 11.6. The third-order valence-electron chi connectivity index (χ3n) is 2.59. The van der Waals surface area contributed by atoms with E-state index in [0.717, 1.165) is 0 Å². The molecule has 0 saturated heterocycles. The van der Waals surface area contributed by atoms with Crippen LogP contribution in [0.4, 0.5) is 5.69 Å². The van der Waals surface area contributed by atoms with Gasteiger partial charge in [0.15, 0.2) is 5.69 Å². The molecule has 2 rings (SSSR count). The first-order valence-corrected chi connectivity index (χ1v) is 7.08. The van der Waals surface area contributed by atoms with E-state index >= 15 is 0 Å². The van der Waals surface area contributed by atoms with Gasteiger partial charge in [-0.05, 0) is 24.3 Å². The van der Waals surface area contributed by atoms with Crippen molar-refractivity contribution in [1.29, 1.82) is 0 Å². The molecule has 0 spiro atoms. The molecule has 0 aliphatic heterocycles. The topological polar surface area (TPSA) is 133 Å². The molecule has 9 heteroatoms. The summed E-state index contributed by atoms with van der Waals surface area (Å²) in [5.41, 5.74) is 6.20. The molecule has 8 nitrogen and oxygen atoms in total. The Labute approximate surface area is 115 Å². The number of amides is 1. The number of benzene rings is 1. The number of nitrogens with one attached hydrogen (secondary N) is 1. The van der Waals surface area contributed by atoms with Gasteiger partial charge in [-0.25, -0.2) is 18.2 Å². The number of aromatic nitrogens is 2. The van der Waals surface area contributed by atoms with E-state index in [2.05, 4.69) is 10.4 Å². The van der Waals surface area contributed by atoms with E-state index in [0.29, 0.717) is 0 Å². The van der Waals surface area contributed by atoms with Crippen molar-refractivity contribution in [3.05, 3.63) is 36.2 Å². The summed E-state index contributed by atoms with van der Waals surface area (Å²) in [6.07, 6.45) is 1.46. The summed E-state index contributed by atoms with van der Waals surface area (Å²) in [6.45, 7) is 0. The second-order valence-electron chi connectivity index (χ2n) is 4.00. The van der Waals surface area contributed by atoms with Crippen LogP contribution in [0.25, 0.3) is 5.69 Å². The van der Waals surface area contributed by atoms with Crippen LogP contribution in [0.3, 0.4) is 0 Å². The first-order valence-electron chi connectivity index (χ1n) is 5.53. The van der Waals surface area contributed by atoms with Gasteiger partial charge in [0.25, 0.3) is 5.91 Å². The second kappa shape index (κ2) is 4.94. The van der Waals surface area contributed by atoms with Gasteiger partial charge < -0.3 is 11.1 Å². The predicted molar refractivity (Wildman–Crippen MR) is 72.7 cm³/mol. The highest BCUT2D eigenvalue weighted by Crippen LogP contribution is 2.21. The molecule has 106 valence electrons. The Bertz CT molecular complexity index is 766. The Balaban J connectivity index is 2.59. The fourth-order valence-electron chi connectivity index (χ4n) is 1.66. The van der Waals surface area contributed by atoms with Crippen molar-refractivity contribution in [2.24, 2.45) is 5.14 Å². The zero-order valence-electron chi connectivity index (χ0n) is 10.6. The number of nitrogens with zero attached hydrogens (tertiary/aromatic N) is 2. The van der Waals surface area contributed by atoms with E-state index in [9.17, 15) is 13.2 Å². The Morgan fingerprint density at radius 3 is 2.65 bits per heavy atom.